The number of aromatic nitrogens is 2. The van der Waals surface area contributed by atoms with Gasteiger partial charge in [-0.15, -0.1) is 0 Å². The average molecular weight is 491 g/mol. The molecule has 2 aliphatic rings. The number of nitrogens with one attached hydrogen (secondary N) is 1. The molecule has 190 valence electrons. The van der Waals surface area contributed by atoms with E-state index in [0.717, 1.165) is 47.6 Å². The number of ether oxygens (including phenoxy) is 2. The Balaban J connectivity index is 1.23. The fraction of sp³-hybridized carbons (Fsp3) is 0.464. The van der Waals surface area contributed by atoms with Crippen molar-refractivity contribution in [1.29, 1.82) is 0 Å². The monoisotopic (exact) mass is 490 g/mol. The Labute approximate surface area is 212 Å². The maximum atomic E-state index is 13.4. The van der Waals surface area contributed by atoms with E-state index in [-0.39, 0.29) is 23.5 Å². The van der Waals surface area contributed by atoms with Crippen molar-refractivity contribution in [2.45, 2.75) is 58.2 Å². The highest BCUT2D eigenvalue weighted by atomic mass is 16.5. The van der Waals surface area contributed by atoms with Crippen LogP contribution in [0.25, 0.3) is 11.4 Å². The highest BCUT2D eigenvalue weighted by Gasteiger charge is 2.36. The zero-order valence-corrected chi connectivity index (χ0v) is 21.4. The molecule has 1 N–H and O–H groups in total. The number of methoxy groups -OCH3 is 1. The second-order valence-electron chi connectivity index (χ2n) is 10.5. The first-order chi connectivity index (χ1) is 17.3. The maximum Gasteiger partial charge on any atom is 0.241 e. The Morgan fingerprint density at radius 2 is 2.11 bits per heavy atom. The number of fused-ring (bicyclic) bond motifs is 1. The lowest BCUT2D eigenvalue weighted by molar-refractivity contribution is -0.128. The molecule has 0 bridgehead atoms. The second-order valence-corrected chi connectivity index (χ2v) is 10.5. The summed E-state index contributed by atoms with van der Waals surface area (Å²) < 4.78 is 17.1. The lowest BCUT2D eigenvalue weighted by Gasteiger charge is -2.39. The Morgan fingerprint density at radius 1 is 1.25 bits per heavy atom. The van der Waals surface area contributed by atoms with Gasteiger partial charge in [-0.25, -0.2) is 0 Å². The minimum absolute atomic E-state index is 0.0788. The number of hydrogen-bond acceptors (Lipinski definition) is 7. The van der Waals surface area contributed by atoms with Gasteiger partial charge in [-0.3, -0.25) is 9.69 Å². The van der Waals surface area contributed by atoms with Crippen molar-refractivity contribution in [3.05, 3.63) is 59.5 Å². The van der Waals surface area contributed by atoms with Crippen LogP contribution in [0.3, 0.4) is 0 Å². The van der Waals surface area contributed by atoms with Gasteiger partial charge in [0.1, 0.15) is 17.1 Å². The van der Waals surface area contributed by atoms with E-state index in [4.69, 9.17) is 14.0 Å². The zero-order chi connectivity index (χ0) is 25.3. The van der Waals surface area contributed by atoms with Crippen molar-refractivity contribution in [3.8, 4) is 22.9 Å². The molecule has 2 unspecified atom stereocenters. The van der Waals surface area contributed by atoms with Gasteiger partial charge in [-0.2, -0.15) is 4.98 Å². The fourth-order valence-electron chi connectivity index (χ4n) is 5.20. The number of aryl methyl sites for hydroxylation is 1. The first kappa shape index (κ1) is 24.3. The van der Waals surface area contributed by atoms with Crippen LogP contribution in [0.4, 0.5) is 0 Å². The molecule has 2 atom stereocenters. The molecule has 0 spiro atoms. The Hall–Kier alpha value is -3.39. The maximum absolute atomic E-state index is 13.4. The Bertz CT molecular complexity index is 1240. The van der Waals surface area contributed by atoms with Crippen LogP contribution >= 0.6 is 0 Å². The normalized spacial score (nSPS) is 21.3. The highest BCUT2D eigenvalue weighted by Crippen LogP contribution is 2.41. The summed E-state index contributed by atoms with van der Waals surface area (Å²) in [6.07, 6.45) is 2.52. The third kappa shape index (κ3) is 5.38. The largest absolute Gasteiger partial charge is 0.497 e. The molecule has 1 amide bonds. The number of amides is 1. The van der Waals surface area contributed by atoms with Crippen molar-refractivity contribution in [1.82, 2.24) is 20.4 Å². The van der Waals surface area contributed by atoms with E-state index in [1.807, 2.05) is 63.2 Å². The van der Waals surface area contributed by atoms with E-state index in [9.17, 15) is 4.79 Å². The van der Waals surface area contributed by atoms with Crippen LogP contribution in [-0.4, -0.2) is 46.7 Å². The zero-order valence-electron chi connectivity index (χ0n) is 21.4. The molecule has 8 nitrogen and oxygen atoms in total. The first-order valence-corrected chi connectivity index (χ1v) is 12.6. The molecule has 3 aromatic rings. The number of rotatable bonds is 6. The van der Waals surface area contributed by atoms with Gasteiger partial charge in [0.2, 0.25) is 17.6 Å². The van der Waals surface area contributed by atoms with Gasteiger partial charge in [-0.1, -0.05) is 28.9 Å². The van der Waals surface area contributed by atoms with E-state index in [2.05, 4.69) is 20.4 Å². The number of carbonyl (C=O) groups excluding carboxylic acids is 1. The third-order valence-electron chi connectivity index (χ3n) is 6.97. The highest BCUT2D eigenvalue weighted by molar-refractivity contribution is 5.79. The predicted molar refractivity (Wildman–Crippen MR) is 136 cm³/mol. The van der Waals surface area contributed by atoms with Crippen molar-refractivity contribution in [2.75, 3.05) is 20.2 Å². The number of hydrogen-bond donors (Lipinski definition) is 1. The van der Waals surface area contributed by atoms with Crippen LogP contribution in [-0.2, 0) is 11.3 Å². The summed E-state index contributed by atoms with van der Waals surface area (Å²) in [5, 5.41) is 7.47. The molecule has 36 heavy (non-hydrogen) atoms. The SMILES string of the molecule is COc1ccc2c(c1)OC(C)(C)CC2NC(=O)C1CCCN(Cc2nc(-c3cccc(C)c3)no2)C1. The van der Waals surface area contributed by atoms with E-state index in [0.29, 0.717) is 31.2 Å². The molecule has 3 heterocycles. The molecular weight excluding hydrogens is 456 g/mol. The molecular formula is C28H34N4O4. The number of carbonyl (C=O) groups is 1. The molecule has 1 fully saturated rings. The van der Waals surface area contributed by atoms with E-state index < -0.39 is 0 Å². The summed E-state index contributed by atoms with van der Waals surface area (Å²) in [6.45, 7) is 8.24. The van der Waals surface area contributed by atoms with Gasteiger partial charge < -0.3 is 19.3 Å². The van der Waals surface area contributed by atoms with Crippen molar-refractivity contribution < 1.29 is 18.8 Å². The van der Waals surface area contributed by atoms with Gasteiger partial charge in [-0.05, 0) is 58.4 Å². The van der Waals surface area contributed by atoms with E-state index in [1.54, 1.807) is 7.11 Å². The summed E-state index contributed by atoms with van der Waals surface area (Å²) >= 11 is 0. The quantitative estimate of drug-likeness (QED) is 0.536. The lowest BCUT2D eigenvalue weighted by atomic mass is 9.88. The Kier molecular flexibility index (Phi) is 6.71. The summed E-state index contributed by atoms with van der Waals surface area (Å²) in [6, 6.07) is 13.7. The van der Waals surface area contributed by atoms with Gasteiger partial charge in [0.15, 0.2) is 0 Å². The number of nitrogens with zero attached hydrogens (tertiary/aromatic N) is 3. The minimum atomic E-state index is -0.386. The molecule has 5 rings (SSSR count). The molecule has 1 saturated heterocycles. The molecule has 1 aromatic heterocycles. The van der Waals surface area contributed by atoms with Crippen LogP contribution in [0.1, 0.15) is 56.2 Å². The van der Waals surface area contributed by atoms with Crippen molar-refractivity contribution in [2.24, 2.45) is 5.92 Å². The topological polar surface area (TPSA) is 89.7 Å². The van der Waals surface area contributed by atoms with Gasteiger partial charge >= 0.3 is 0 Å². The molecule has 8 heteroatoms. The van der Waals surface area contributed by atoms with Gasteiger partial charge in [0.25, 0.3) is 0 Å². The van der Waals surface area contributed by atoms with Crippen LogP contribution in [0.15, 0.2) is 47.0 Å². The van der Waals surface area contributed by atoms with Crippen molar-refractivity contribution in [3.63, 3.8) is 0 Å². The standard InChI is InChI=1S/C28H34N4O4/c1-18-7-5-8-19(13-18)26-30-25(36-31-26)17-32-12-6-9-20(16-32)27(33)29-23-15-28(2,3)35-24-14-21(34-4)10-11-22(23)24/h5,7-8,10-11,13-14,20,23H,6,9,12,15-17H2,1-4H3,(H,29,33). The summed E-state index contributed by atoms with van der Waals surface area (Å²) in [4.78, 5) is 20.2. The Morgan fingerprint density at radius 3 is 2.92 bits per heavy atom. The number of likely N-dealkylation sites (tertiary alicyclic amines) is 1. The average Bonchev–Trinajstić information content (AvgIpc) is 3.31. The summed E-state index contributed by atoms with van der Waals surface area (Å²) in [5.74, 6) is 2.66. The van der Waals surface area contributed by atoms with Crippen LogP contribution < -0.4 is 14.8 Å². The fourth-order valence-corrected chi connectivity index (χ4v) is 5.20. The first-order valence-electron chi connectivity index (χ1n) is 12.6. The minimum Gasteiger partial charge on any atom is -0.497 e. The van der Waals surface area contributed by atoms with Crippen LogP contribution in [0.2, 0.25) is 0 Å². The van der Waals surface area contributed by atoms with Crippen LogP contribution in [0, 0.1) is 12.8 Å². The van der Waals surface area contributed by atoms with Crippen LogP contribution in [0.5, 0.6) is 11.5 Å². The summed E-state index contributed by atoms with van der Waals surface area (Å²) in [7, 11) is 1.64. The van der Waals surface area contributed by atoms with Gasteiger partial charge in [0.05, 0.1) is 25.6 Å². The summed E-state index contributed by atoms with van der Waals surface area (Å²) in [5.41, 5.74) is 2.70. The van der Waals surface area contributed by atoms with E-state index in [1.165, 1.54) is 0 Å². The molecule has 2 aromatic carbocycles. The predicted octanol–water partition coefficient (Wildman–Crippen LogP) is 4.68. The van der Waals surface area contributed by atoms with Gasteiger partial charge in [0, 0.05) is 30.2 Å². The lowest BCUT2D eigenvalue weighted by Crippen LogP contribution is -2.46. The molecule has 0 saturated carbocycles. The molecule has 0 aliphatic carbocycles. The molecule has 2 aliphatic heterocycles. The smallest absolute Gasteiger partial charge is 0.241 e. The molecule has 0 radical (unpaired) electrons. The van der Waals surface area contributed by atoms with E-state index >= 15 is 0 Å². The second kappa shape index (κ2) is 9.93. The number of piperidine rings is 1. The number of benzene rings is 2. The third-order valence-corrected chi connectivity index (χ3v) is 6.97. The van der Waals surface area contributed by atoms with Crippen molar-refractivity contribution >= 4 is 5.91 Å².